The van der Waals surface area contributed by atoms with Crippen LogP contribution in [-0.4, -0.2) is 48.7 Å². The summed E-state index contributed by atoms with van der Waals surface area (Å²) in [5, 5.41) is 0.428. The average Bonchev–Trinajstić information content (AvgIpc) is 2.78. The van der Waals surface area contributed by atoms with Crippen LogP contribution in [-0.2, 0) is 14.6 Å². The van der Waals surface area contributed by atoms with E-state index in [1.807, 2.05) is 6.07 Å². The van der Waals surface area contributed by atoms with E-state index in [2.05, 4.69) is 14.9 Å². The molecule has 8 nitrogen and oxygen atoms in total. The number of hydrogen-bond acceptors (Lipinski definition) is 8. The minimum atomic E-state index is -3.55. The Morgan fingerprint density at radius 2 is 1.81 bits per heavy atom. The van der Waals surface area contributed by atoms with Gasteiger partial charge in [-0.2, -0.15) is 0 Å². The average molecular weight is 441 g/mol. The third kappa shape index (κ3) is 4.66. The Bertz CT molecular complexity index is 1210. The van der Waals surface area contributed by atoms with Crippen LogP contribution >= 0.6 is 0 Å². The van der Waals surface area contributed by atoms with Gasteiger partial charge in [0.05, 0.1) is 11.3 Å². The van der Waals surface area contributed by atoms with Gasteiger partial charge in [-0.25, -0.2) is 28.2 Å². The van der Waals surface area contributed by atoms with E-state index in [-0.39, 0.29) is 5.16 Å². The van der Waals surface area contributed by atoms with Gasteiger partial charge in [0.1, 0.15) is 11.6 Å². The van der Waals surface area contributed by atoms with Gasteiger partial charge in [0, 0.05) is 30.9 Å². The molecule has 1 atom stereocenters. The van der Waals surface area contributed by atoms with Crippen molar-refractivity contribution in [1.29, 1.82) is 0 Å². The molecule has 1 aromatic carbocycles. The largest absolute Gasteiger partial charge is 0.453 e. The fourth-order valence-corrected chi connectivity index (χ4v) is 4.10. The highest BCUT2D eigenvalue weighted by atomic mass is 32.2. The van der Waals surface area contributed by atoms with Gasteiger partial charge >= 0.3 is 5.97 Å². The monoisotopic (exact) mass is 440 g/mol. The maximum Gasteiger partial charge on any atom is 0.338 e. The van der Waals surface area contributed by atoms with Crippen LogP contribution in [0.15, 0.2) is 47.8 Å². The summed E-state index contributed by atoms with van der Waals surface area (Å²) < 4.78 is 29.6. The molecule has 3 aromatic rings. The molecule has 0 amide bonds. The van der Waals surface area contributed by atoms with Crippen molar-refractivity contribution in [1.82, 2.24) is 15.0 Å². The molecule has 4 rings (SSSR count). The molecule has 1 fully saturated rings. The fraction of sp³-hybridized carbons (Fsp3) is 0.364. The number of carbonyl (C=O) groups is 1. The summed E-state index contributed by atoms with van der Waals surface area (Å²) in [5.74, 6) is 0.167. The van der Waals surface area contributed by atoms with Crippen LogP contribution < -0.4 is 4.90 Å². The molecule has 9 heteroatoms. The fourth-order valence-electron chi connectivity index (χ4n) is 3.60. The van der Waals surface area contributed by atoms with E-state index in [9.17, 15) is 13.2 Å². The van der Waals surface area contributed by atoms with Crippen LogP contribution in [0, 0.1) is 0 Å². The third-order valence-electron chi connectivity index (χ3n) is 5.24. The first-order valence-corrected chi connectivity index (χ1v) is 12.1. The molecule has 0 radical (unpaired) electrons. The van der Waals surface area contributed by atoms with Gasteiger partial charge in [-0.3, -0.25) is 0 Å². The number of pyridine rings is 1. The number of carbonyl (C=O) groups excluding carboxylic acids is 1. The maximum absolute atomic E-state index is 12.5. The Labute approximate surface area is 181 Å². The number of nitrogens with zero attached hydrogens (tertiary/aromatic N) is 4. The van der Waals surface area contributed by atoms with E-state index < -0.39 is 21.9 Å². The van der Waals surface area contributed by atoms with Gasteiger partial charge in [-0.1, -0.05) is 18.2 Å². The Morgan fingerprint density at radius 1 is 1.10 bits per heavy atom. The van der Waals surface area contributed by atoms with Gasteiger partial charge < -0.3 is 9.64 Å². The molecular formula is C22H24N4O4S. The number of fused-ring (bicyclic) bond motifs is 1. The van der Waals surface area contributed by atoms with E-state index >= 15 is 0 Å². The molecule has 31 heavy (non-hydrogen) atoms. The summed E-state index contributed by atoms with van der Waals surface area (Å²) in [6.07, 6.45) is 5.16. The molecule has 0 bridgehead atoms. The van der Waals surface area contributed by atoms with Crippen LogP contribution in [0.4, 0.5) is 5.82 Å². The number of anilines is 1. The zero-order valence-corrected chi connectivity index (χ0v) is 18.3. The molecule has 0 spiro atoms. The highest BCUT2D eigenvalue weighted by Gasteiger charge is 2.23. The minimum absolute atomic E-state index is 0.226. The van der Waals surface area contributed by atoms with Crippen molar-refractivity contribution in [2.45, 2.75) is 37.4 Å². The highest BCUT2D eigenvalue weighted by Crippen LogP contribution is 2.30. The number of aromatic nitrogens is 3. The predicted molar refractivity (Wildman–Crippen MR) is 117 cm³/mol. The van der Waals surface area contributed by atoms with Crippen molar-refractivity contribution in [2.24, 2.45) is 0 Å². The zero-order chi connectivity index (χ0) is 22.0. The Hall–Kier alpha value is -3.07. The maximum atomic E-state index is 12.5. The van der Waals surface area contributed by atoms with Crippen LogP contribution in [0.2, 0.25) is 0 Å². The first kappa shape index (κ1) is 21.2. The van der Waals surface area contributed by atoms with E-state index in [4.69, 9.17) is 9.72 Å². The molecule has 2 aromatic heterocycles. The zero-order valence-electron chi connectivity index (χ0n) is 17.5. The summed E-state index contributed by atoms with van der Waals surface area (Å²) >= 11 is 0. The summed E-state index contributed by atoms with van der Waals surface area (Å²) in [6.45, 7) is 3.38. The molecular weight excluding hydrogens is 416 g/mol. The molecule has 0 N–H and O–H groups in total. The molecule has 1 aliphatic heterocycles. The van der Waals surface area contributed by atoms with Gasteiger partial charge in [0.15, 0.2) is 5.82 Å². The van der Waals surface area contributed by atoms with Crippen molar-refractivity contribution < 1.29 is 17.9 Å². The second kappa shape index (κ2) is 8.58. The van der Waals surface area contributed by atoms with Crippen molar-refractivity contribution in [3.8, 4) is 0 Å². The number of sulfone groups is 1. The van der Waals surface area contributed by atoms with Crippen LogP contribution in [0.3, 0.4) is 0 Å². The molecule has 1 unspecified atom stereocenters. The molecule has 3 heterocycles. The smallest absolute Gasteiger partial charge is 0.338 e. The summed E-state index contributed by atoms with van der Waals surface area (Å²) in [5.41, 5.74) is 1.52. The van der Waals surface area contributed by atoms with Gasteiger partial charge in [-0.05, 0) is 44.4 Å². The Morgan fingerprint density at radius 3 is 2.48 bits per heavy atom. The van der Waals surface area contributed by atoms with E-state index in [1.165, 1.54) is 6.20 Å². The quantitative estimate of drug-likeness (QED) is 0.440. The summed E-state index contributed by atoms with van der Waals surface area (Å²) in [4.78, 5) is 27.7. The standard InChI is InChI=1S/C22H24N4O4S/c1-15(30-21(27)16-9-5-3-6-10-16)18-13-17-14-23-22(31(2,28)29)25-19(17)20(24-18)26-11-7-4-8-12-26/h3,5-6,9-10,13-15H,4,7-8,11-12H2,1-2H3. The highest BCUT2D eigenvalue weighted by molar-refractivity contribution is 7.90. The third-order valence-corrected chi connectivity index (χ3v) is 6.10. The molecule has 0 saturated carbocycles. The second-order valence-electron chi connectivity index (χ2n) is 7.69. The number of ether oxygens (including phenoxy) is 1. The SMILES string of the molecule is CC(OC(=O)c1ccccc1)c1cc2cnc(S(C)(=O)=O)nc2c(N2CCCCC2)n1. The van der Waals surface area contributed by atoms with Crippen LogP contribution in [0.5, 0.6) is 0 Å². The summed E-state index contributed by atoms with van der Waals surface area (Å²) in [7, 11) is -3.55. The molecule has 1 saturated heterocycles. The predicted octanol–water partition coefficient (Wildman–Crippen LogP) is 3.34. The molecule has 0 aliphatic carbocycles. The van der Waals surface area contributed by atoms with E-state index in [0.29, 0.717) is 28.0 Å². The van der Waals surface area contributed by atoms with Crippen molar-refractivity contribution in [3.63, 3.8) is 0 Å². The van der Waals surface area contributed by atoms with Crippen molar-refractivity contribution >= 4 is 32.5 Å². The first-order valence-electron chi connectivity index (χ1n) is 10.2. The Balaban J connectivity index is 1.74. The van der Waals surface area contributed by atoms with Crippen molar-refractivity contribution in [2.75, 3.05) is 24.2 Å². The normalized spacial score (nSPS) is 15.6. The number of benzene rings is 1. The van der Waals surface area contributed by atoms with Crippen molar-refractivity contribution in [3.05, 3.63) is 53.9 Å². The van der Waals surface area contributed by atoms with E-state index in [1.54, 1.807) is 37.3 Å². The van der Waals surface area contributed by atoms with E-state index in [0.717, 1.165) is 38.6 Å². The number of rotatable bonds is 5. The lowest BCUT2D eigenvalue weighted by molar-refractivity contribution is 0.0329. The first-order chi connectivity index (χ1) is 14.8. The second-order valence-corrected chi connectivity index (χ2v) is 9.60. The molecule has 162 valence electrons. The van der Waals surface area contributed by atoms with Gasteiger partial charge in [0.2, 0.25) is 15.0 Å². The minimum Gasteiger partial charge on any atom is -0.453 e. The van der Waals surface area contributed by atoms with Gasteiger partial charge in [0.25, 0.3) is 0 Å². The lowest BCUT2D eigenvalue weighted by atomic mass is 10.1. The number of piperidine rings is 1. The lowest BCUT2D eigenvalue weighted by Crippen LogP contribution is -2.31. The van der Waals surface area contributed by atoms with Crippen LogP contribution in [0.25, 0.3) is 10.9 Å². The number of esters is 1. The van der Waals surface area contributed by atoms with Crippen LogP contribution in [0.1, 0.15) is 48.3 Å². The number of hydrogen-bond donors (Lipinski definition) is 0. The Kier molecular flexibility index (Phi) is 5.86. The topological polar surface area (TPSA) is 102 Å². The van der Waals surface area contributed by atoms with Gasteiger partial charge in [-0.15, -0.1) is 0 Å². The molecule has 1 aliphatic rings. The summed E-state index contributed by atoms with van der Waals surface area (Å²) in [6, 6.07) is 10.5. The lowest BCUT2D eigenvalue weighted by Gasteiger charge is -2.29.